The standard InChI is InChI=1S/C27H15BrN4O/c28-18-7-5-6-17(14-18)26-30-31-27-29-25(21-9-1-3-10-22(21)32(26)27)16-12-13-20-19-8-2-4-11-23(19)33-24(20)15-16/h1-15H. The first-order chi connectivity index (χ1) is 16.3. The lowest BCUT2D eigenvalue weighted by molar-refractivity contribution is 0.669. The number of rotatable bonds is 2. The summed E-state index contributed by atoms with van der Waals surface area (Å²) in [5, 5.41) is 12.1. The molecule has 0 bridgehead atoms. The third kappa shape index (κ3) is 2.81. The van der Waals surface area contributed by atoms with Crippen molar-refractivity contribution in [1.29, 1.82) is 0 Å². The van der Waals surface area contributed by atoms with Crippen LogP contribution in [-0.4, -0.2) is 19.6 Å². The molecule has 0 fully saturated rings. The van der Waals surface area contributed by atoms with Gasteiger partial charge in [0.25, 0.3) is 5.78 Å². The van der Waals surface area contributed by atoms with Crippen molar-refractivity contribution in [1.82, 2.24) is 19.6 Å². The average Bonchev–Trinajstić information content (AvgIpc) is 3.44. The van der Waals surface area contributed by atoms with Crippen LogP contribution in [0, 0.1) is 0 Å². The molecule has 0 amide bonds. The molecule has 3 heterocycles. The Morgan fingerprint density at radius 1 is 0.667 bits per heavy atom. The van der Waals surface area contributed by atoms with Crippen molar-refractivity contribution in [3.63, 3.8) is 0 Å². The number of furan rings is 1. The number of hydrogen-bond donors (Lipinski definition) is 0. The molecular weight excluding hydrogens is 476 g/mol. The molecular formula is C27H15BrN4O. The van der Waals surface area contributed by atoms with Crippen LogP contribution in [0.2, 0.25) is 0 Å². The van der Waals surface area contributed by atoms with Crippen LogP contribution in [-0.2, 0) is 0 Å². The van der Waals surface area contributed by atoms with E-state index in [0.717, 1.165) is 60.0 Å². The zero-order valence-corrected chi connectivity index (χ0v) is 18.8. The molecule has 0 aliphatic carbocycles. The zero-order chi connectivity index (χ0) is 21.9. The minimum absolute atomic E-state index is 0.559. The molecule has 4 aromatic carbocycles. The number of hydrogen-bond acceptors (Lipinski definition) is 4. The van der Waals surface area contributed by atoms with E-state index < -0.39 is 0 Å². The summed E-state index contributed by atoms with van der Waals surface area (Å²) < 4.78 is 9.13. The largest absolute Gasteiger partial charge is 0.456 e. The van der Waals surface area contributed by atoms with Crippen LogP contribution >= 0.6 is 15.9 Å². The van der Waals surface area contributed by atoms with Crippen molar-refractivity contribution in [2.24, 2.45) is 0 Å². The summed E-state index contributed by atoms with van der Waals surface area (Å²) in [5.41, 5.74) is 5.54. The van der Waals surface area contributed by atoms with Crippen LogP contribution in [0.25, 0.3) is 61.3 Å². The van der Waals surface area contributed by atoms with Crippen LogP contribution in [0.3, 0.4) is 0 Å². The third-order valence-electron chi connectivity index (χ3n) is 5.99. The smallest absolute Gasteiger partial charge is 0.256 e. The summed E-state index contributed by atoms with van der Waals surface area (Å²) in [7, 11) is 0. The number of nitrogens with zero attached hydrogens (tertiary/aromatic N) is 4. The van der Waals surface area contributed by atoms with Gasteiger partial charge in [0.05, 0.1) is 11.2 Å². The molecule has 6 heteroatoms. The van der Waals surface area contributed by atoms with Crippen LogP contribution in [0.1, 0.15) is 0 Å². The van der Waals surface area contributed by atoms with Gasteiger partial charge in [-0.25, -0.2) is 4.98 Å². The van der Waals surface area contributed by atoms with Gasteiger partial charge in [0.1, 0.15) is 11.2 Å². The molecule has 3 aromatic heterocycles. The van der Waals surface area contributed by atoms with Gasteiger partial charge in [-0.05, 0) is 36.4 Å². The van der Waals surface area contributed by atoms with Crippen molar-refractivity contribution in [3.8, 4) is 22.6 Å². The Balaban J connectivity index is 1.51. The van der Waals surface area contributed by atoms with E-state index in [1.54, 1.807) is 0 Å². The maximum Gasteiger partial charge on any atom is 0.256 e. The Kier molecular flexibility index (Phi) is 3.92. The Morgan fingerprint density at radius 2 is 1.48 bits per heavy atom. The van der Waals surface area contributed by atoms with Crippen molar-refractivity contribution in [3.05, 3.63) is 95.5 Å². The number of fused-ring (bicyclic) bond motifs is 6. The highest BCUT2D eigenvalue weighted by molar-refractivity contribution is 9.10. The van der Waals surface area contributed by atoms with E-state index >= 15 is 0 Å². The second-order valence-electron chi connectivity index (χ2n) is 7.96. The molecule has 33 heavy (non-hydrogen) atoms. The maximum atomic E-state index is 6.12. The van der Waals surface area contributed by atoms with Gasteiger partial charge in [0, 0.05) is 31.8 Å². The minimum atomic E-state index is 0.559. The summed E-state index contributed by atoms with van der Waals surface area (Å²) in [6, 6.07) is 30.6. The molecule has 0 atom stereocenters. The van der Waals surface area contributed by atoms with Crippen LogP contribution in [0.5, 0.6) is 0 Å². The first kappa shape index (κ1) is 18.5. The van der Waals surface area contributed by atoms with Gasteiger partial charge in [0.15, 0.2) is 5.82 Å². The second kappa shape index (κ2) is 6.98. The van der Waals surface area contributed by atoms with Gasteiger partial charge in [-0.2, -0.15) is 0 Å². The first-order valence-corrected chi connectivity index (χ1v) is 11.4. The van der Waals surface area contributed by atoms with Gasteiger partial charge in [-0.15, -0.1) is 10.2 Å². The Morgan fingerprint density at radius 3 is 2.39 bits per heavy atom. The van der Waals surface area contributed by atoms with Gasteiger partial charge < -0.3 is 4.42 Å². The molecule has 7 rings (SSSR count). The second-order valence-corrected chi connectivity index (χ2v) is 8.87. The molecule has 0 aliphatic heterocycles. The zero-order valence-electron chi connectivity index (χ0n) is 17.2. The van der Waals surface area contributed by atoms with Gasteiger partial charge in [-0.1, -0.05) is 70.5 Å². The SMILES string of the molecule is Brc1cccc(-c2nnc3nc(-c4ccc5c(c4)oc4ccccc45)c4ccccc4n23)c1. The van der Waals surface area contributed by atoms with Gasteiger partial charge in [0.2, 0.25) is 0 Å². The predicted octanol–water partition coefficient (Wildman–Crippen LogP) is 7.27. The third-order valence-corrected chi connectivity index (χ3v) is 6.49. The van der Waals surface area contributed by atoms with Crippen molar-refractivity contribution in [2.45, 2.75) is 0 Å². The molecule has 0 radical (unpaired) electrons. The van der Waals surface area contributed by atoms with E-state index in [1.807, 2.05) is 59.0 Å². The van der Waals surface area contributed by atoms with Crippen LogP contribution in [0.15, 0.2) is 99.9 Å². The van der Waals surface area contributed by atoms with Crippen LogP contribution in [0.4, 0.5) is 0 Å². The first-order valence-electron chi connectivity index (χ1n) is 10.6. The lowest BCUT2D eigenvalue weighted by Crippen LogP contribution is -1.97. The Bertz CT molecular complexity index is 1850. The number of para-hydroxylation sites is 2. The topological polar surface area (TPSA) is 56.2 Å². The van der Waals surface area contributed by atoms with E-state index in [1.165, 1.54) is 0 Å². The fourth-order valence-corrected chi connectivity index (χ4v) is 4.91. The highest BCUT2D eigenvalue weighted by atomic mass is 79.9. The molecule has 0 aliphatic rings. The molecule has 5 nitrogen and oxygen atoms in total. The summed E-state index contributed by atoms with van der Waals surface area (Å²) in [4.78, 5) is 4.94. The number of aromatic nitrogens is 4. The van der Waals surface area contributed by atoms with Crippen molar-refractivity contribution >= 4 is 54.5 Å². The number of benzene rings is 4. The molecule has 0 N–H and O–H groups in total. The van der Waals surface area contributed by atoms with E-state index in [4.69, 9.17) is 9.40 Å². The molecule has 156 valence electrons. The Hall–Kier alpha value is -4.03. The lowest BCUT2D eigenvalue weighted by atomic mass is 10.0. The minimum Gasteiger partial charge on any atom is -0.456 e. The van der Waals surface area contributed by atoms with E-state index in [2.05, 4.69) is 62.5 Å². The molecule has 7 aromatic rings. The molecule has 0 unspecified atom stereocenters. The van der Waals surface area contributed by atoms with Crippen molar-refractivity contribution < 1.29 is 4.42 Å². The fraction of sp³-hybridized carbons (Fsp3) is 0. The van der Waals surface area contributed by atoms with E-state index in [9.17, 15) is 0 Å². The highest BCUT2D eigenvalue weighted by Gasteiger charge is 2.17. The fourth-order valence-electron chi connectivity index (χ4n) is 4.51. The highest BCUT2D eigenvalue weighted by Crippen LogP contribution is 2.35. The normalized spacial score (nSPS) is 11.8. The van der Waals surface area contributed by atoms with Crippen molar-refractivity contribution in [2.75, 3.05) is 0 Å². The summed E-state index contributed by atoms with van der Waals surface area (Å²) >= 11 is 3.55. The van der Waals surface area contributed by atoms with Gasteiger partial charge >= 0.3 is 0 Å². The summed E-state index contributed by atoms with van der Waals surface area (Å²) in [6.45, 7) is 0. The van der Waals surface area contributed by atoms with Crippen LogP contribution < -0.4 is 0 Å². The lowest BCUT2D eigenvalue weighted by Gasteiger charge is -2.10. The average molecular weight is 491 g/mol. The van der Waals surface area contributed by atoms with Gasteiger partial charge in [-0.3, -0.25) is 4.40 Å². The number of halogens is 1. The molecule has 0 saturated heterocycles. The van der Waals surface area contributed by atoms with E-state index in [-0.39, 0.29) is 0 Å². The predicted molar refractivity (Wildman–Crippen MR) is 134 cm³/mol. The quantitative estimate of drug-likeness (QED) is 0.255. The maximum absolute atomic E-state index is 6.12. The van der Waals surface area contributed by atoms with E-state index in [0.29, 0.717) is 5.78 Å². The summed E-state index contributed by atoms with van der Waals surface area (Å²) in [5.74, 6) is 1.32. The molecule has 0 spiro atoms. The summed E-state index contributed by atoms with van der Waals surface area (Å²) in [6.07, 6.45) is 0. The molecule has 0 saturated carbocycles. The monoisotopic (exact) mass is 490 g/mol. The Labute approximate surface area is 196 Å².